The maximum absolute atomic E-state index is 12.6. The first-order valence-electron chi connectivity index (χ1n) is 6.70. The van der Waals surface area contributed by atoms with Gasteiger partial charge in [-0.05, 0) is 18.9 Å². The highest BCUT2D eigenvalue weighted by molar-refractivity contribution is 6.10. The molecule has 108 valence electrons. The summed E-state index contributed by atoms with van der Waals surface area (Å²) in [6.07, 6.45) is 3.42. The number of non-ortho nitro benzene ring substituents is 1. The van der Waals surface area contributed by atoms with Crippen LogP contribution in [0.1, 0.15) is 23.2 Å². The third-order valence-corrected chi connectivity index (χ3v) is 3.72. The molecule has 1 aliphatic rings. The summed E-state index contributed by atoms with van der Waals surface area (Å²) in [4.78, 5) is 28.7. The van der Waals surface area contributed by atoms with Gasteiger partial charge in [-0.1, -0.05) is 0 Å². The predicted octanol–water partition coefficient (Wildman–Crippen LogP) is 1.96. The van der Waals surface area contributed by atoms with Gasteiger partial charge in [-0.3, -0.25) is 14.9 Å². The lowest BCUT2D eigenvalue weighted by Crippen LogP contribution is -2.28. The van der Waals surface area contributed by atoms with Crippen molar-refractivity contribution in [3.63, 3.8) is 0 Å². The number of fused-ring (bicyclic) bond motifs is 1. The molecule has 0 bridgehead atoms. The van der Waals surface area contributed by atoms with Crippen LogP contribution in [0, 0.1) is 10.1 Å². The third-order valence-electron chi connectivity index (χ3n) is 3.72. The molecule has 2 heterocycles. The number of nitro benzene ring substituents is 1. The second-order valence-corrected chi connectivity index (χ2v) is 5.05. The van der Waals surface area contributed by atoms with Crippen molar-refractivity contribution in [2.24, 2.45) is 0 Å². The van der Waals surface area contributed by atoms with Crippen LogP contribution in [0.2, 0.25) is 0 Å². The SMILES string of the molecule is Nc1ncc2cc([N+](=O)[O-])ccc2c1C(=O)N1CCCC1. The molecule has 21 heavy (non-hydrogen) atoms. The zero-order chi connectivity index (χ0) is 15.0. The maximum atomic E-state index is 12.6. The molecule has 1 aromatic heterocycles. The first-order valence-corrected chi connectivity index (χ1v) is 6.70. The van der Waals surface area contributed by atoms with Crippen molar-refractivity contribution in [2.75, 3.05) is 18.8 Å². The van der Waals surface area contributed by atoms with Crippen molar-refractivity contribution in [3.8, 4) is 0 Å². The summed E-state index contributed by atoms with van der Waals surface area (Å²) in [5, 5.41) is 12.0. The van der Waals surface area contributed by atoms with Crippen molar-refractivity contribution in [2.45, 2.75) is 12.8 Å². The summed E-state index contributed by atoms with van der Waals surface area (Å²) < 4.78 is 0. The number of nitrogen functional groups attached to an aromatic ring is 1. The van der Waals surface area contributed by atoms with Crippen LogP contribution in [0.3, 0.4) is 0 Å². The number of hydrogen-bond donors (Lipinski definition) is 1. The van der Waals surface area contributed by atoms with E-state index >= 15 is 0 Å². The number of likely N-dealkylation sites (tertiary alicyclic amines) is 1. The van der Waals surface area contributed by atoms with Crippen LogP contribution < -0.4 is 5.73 Å². The zero-order valence-electron chi connectivity index (χ0n) is 11.3. The number of benzene rings is 1. The standard InChI is InChI=1S/C14H14N4O3/c15-13-12(14(19)17-5-1-2-6-17)11-4-3-10(18(20)21)7-9(11)8-16-13/h3-4,7-8H,1-2,5-6H2,(H2,15,16). The van der Waals surface area contributed by atoms with E-state index in [0.29, 0.717) is 29.4 Å². The average Bonchev–Trinajstić information content (AvgIpc) is 3.00. The Labute approximate surface area is 120 Å². The van der Waals surface area contributed by atoms with E-state index in [1.807, 2.05) is 0 Å². The highest BCUT2D eigenvalue weighted by Gasteiger charge is 2.24. The topological polar surface area (TPSA) is 102 Å². The summed E-state index contributed by atoms with van der Waals surface area (Å²) >= 11 is 0. The van der Waals surface area contributed by atoms with E-state index in [-0.39, 0.29) is 17.4 Å². The minimum Gasteiger partial charge on any atom is -0.383 e. The first kappa shape index (κ1) is 13.3. The van der Waals surface area contributed by atoms with Crippen LogP contribution in [0.4, 0.5) is 11.5 Å². The molecule has 1 saturated heterocycles. The molecule has 0 atom stereocenters. The van der Waals surface area contributed by atoms with Crippen LogP contribution in [0.15, 0.2) is 24.4 Å². The number of nitrogens with two attached hydrogens (primary N) is 1. The van der Waals surface area contributed by atoms with E-state index in [2.05, 4.69) is 4.98 Å². The molecule has 2 aromatic rings. The molecule has 3 rings (SSSR count). The number of rotatable bonds is 2. The summed E-state index contributed by atoms with van der Waals surface area (Å²) in [5.41, 5.74) is 6.16. The highest BCUT2D eigenvalue weighted by Crippen LogP contribution is 2.28. The van der Waals surface area contributed by atoms with E-state index in [1.165, 1.54) is 18.3 Å². The molecule has 1 aromatic carbocycles. The van der Waals surface area contributed by atoms with Crippen molar-refractivity contribution in [1.82, 2.24) is 9.88 Å². The Bertz CT molecular complexity index is 738. The molecule has 0 saturated carbocycles. The van der Waals surface area contributed by atoms with Gasteiger partial charge in [-0.2, -0.15) is 0 Å². The van der Waals surface area contributed by atoms with E-state index in [4.69, 9.17) is 5.73 Å². The van der Waals surface area contributed by atoms with E-state index in [9.17, 15) is 14.9 Å². The Morgan fingerprint density at radius 3 is 2.71 bits per heavy atom. The minimum absolute atomic E-state index is 0.0337. The molecule has 0 unspecified atom stereocenters. The van der Waals surface area contributed by atoms with Gasteiger partial charge < -0.3 is 10.6 Å². The summed E-state index contributed by atoms with van der Waals surface area (Å²) in [7, 11) is 0. The molecular weight excluding hydrogens is 272 g/mol. The van der Waals surface area contributed by atoms with Crippen LogP contribution in [0.25, 0.3) is 10.8 Å². The smallest absolute Gasteiger partial charge is 0.270 e. The number of amides is 1. The van der Waals surface area contributed by atoms with Gasteiger partial charge in [0.25, 0.3) is 11.6 Å². The Hall–Kier alpha value is -2.70. The Kier molecular flexibility index (Phi) is 3.17. The molecule has 7 nitrogen and oxygen atoms in total. The van der Waals surface area contributed by atoms with Gasteiger partial charge in [0.1, 0.15) is 5.82 Å². The lowest BCUT2D eigenvalue weighted by Gasteiger charge is -2.17. The summed E-state index contributed by atoms with van der Waals surface area (Å²) in [6.45, 7) is 1.42. The Morgan fingerprint density at radius 1 is 1.33 bits per heavy atom. The molecule has 1 fully saturated rings. The number of carbonyl (C=O) groups is 1. The molecular formula is C14H14N4O3. The zero-order valence-corrected chi connectivity index (χ0v) is 11.3. The molecule has 0 spiro atoms. The van der Waals surface area contributed by atoms with Crippen LogP contribution in [-0.4, -0.2) is 33.8 Å². The molecule has 1 aliphatic heterocycles. The molecule has 0 aliphatic carbocycles. The van der Waals surface area contributed by atoms with Crippen molar-refractivity contribution in [1.29, 1.82) is 0 Å². The normalized spacial score (nSPS) is 14.6. The minimum atomic E-state index is -0.474. The van der Waals surface area contributed by atoms with Crippen molar-refractivity contribution < 1.29 is 9.72 Å². The monoisotopic (exact) mass is 286 g/mol. The summed E-state index contributed by atoms with van der Waals surface area (Å²) in [5.74, 6) is 0.00482. The fraction of sp³-hybridized carbons (Fsp3) is 0.286. The van der Waals surface area contributed by atoms with Gasteiger partial charge >= 0.3 is 0 Å². The van der Waals surface area contributed by atoms with Gasteiger partial charge in [0.15, 0.2) is 0 Å². The van der Waals surface area contributed by atoms with Crippen LogP contribution in [-0.2, 0) is 0 Å². The predicted molar refractivity (Wildman–Crippen MR) is 77.9 cm³/mol. The van der Waals surface area contributed by atoms with Gasteiger partial charge in [-0.15, -0.1) is 0 Å². The van der Waals surface area contributed by atoms with Gasteiger partial charge in [0, 0.05) is 42.2 Å². The second kappa shape index (κ2) is 5.01. The lowest BCUT2D eigenvalue weighted by atomic mass is 10.1. The number of pyridine rings is 1. The third kappa shape index (κ3) is 2.26. The van der Waals surface area contributed by atoms with Crippen LogP contribution in [0.5, 0.6) is 0 Å². The second-order valence-electron chi connectivity index (χ2n) is 5.05. The van der Waals surface area contributed by atoms with Crippen molar-refractivity contribution in [3.05, 3.63) is 40.1 Å². The number of anilines is 1. The molecule has 7 heteroatoms. The van der Waals surface area contributed by atoms with Gasteiger partial charge in [0.2, 0.25) is 0 Å². The van der Waals surface area contributed by atoms with Crippen LogP contribution >= 0.6 is 0 Å². The lowest BCUT2D eigenvalue weighted by molar-refractivity contribution is -0.384. The number of carbonyl (C=O) groups excluding carboxylic acids is 1. The molecule has 0 radical (unpaired) electrons. The molecule has 2 N–H and O–H groups in total. The van der Waals surface area contributed by atoms with Gasteiger partial charge in [0.05, 0.1) is 10.5 Å². The Balaban J connectivity index is 2.14. The number of nitrogens with zero attached hydrogens (tertiary/aromatic N) is 3. The largest absolute Gasteiger partial charge is 0.383 e. The maximum Gasteiger partial charge on any atom is 0.270 e. The van der Waals surface area contributed by atoms with E-state index < -0.39 is 4.92 Å². The van der Waals surface area contributed by atoms with Crippen molar-refractivity contribution >= 4 is 28.2 Å². The van der Waals surface area contributed by atoms with E-state index in [1.54, 1.807) is 11.0 Å². The number of aromatic nitrogens is 1. The highest BCUT2D eigenvalue weighted by atomic mass is 16.6. The average molecular weight is 286 g/mol. The van der Waals surface area contributed by atoms with Gasteiger partial charge in [-0.25, -0.2) is 4.98 Å². The number of nitro groups is 1. The first-order chi connectivity index (χ1) is 10.1. The molecule has 1 amide bonds. The summed E-state index contributed by atoms with van der Waals surface area (Å²) in [6, 6.07) is 4.35. The fourth-order valence-corrected chi connectivity index (χ4v) is 2.64. The van der Waals surface area contributed by atoms with E-state index in [0.717, 1.165) is 12.8 Å². The fourth-order valence-electron chi connectivity index (χ4n) is 2.64. The Morgan fingerprint density at radius 2 is 2.05 bits per heavy atom. The number of hydrogen-bond acceptors (Lipinski definition) is 5. The quantitative estimate of drug-likeness (QED) is 0.671.